The number of rotatable bonds is 7. The molecular weight excluding hydrogens is 306 g/mol. The van der Waals surface area contributed by atoms with E-state index in [0.29, 0.717) is 13.1 Å². The SMILES string of the molecule is O=C(O)N1CCC(OCCCCCc2ccc3c(n2)NCCC3)C1. The molecule has 1 aromatic heterocycles. The van der Waals surface area contributed by atoms with Crippen molar-refractivity contribution in [2.24, 2.45) is 0 Å². The van der Waals surface area contributed by atoms with Gasteiger partial charge in [0.15, 0.2) is 0 Å². The van der Waals surface area contributed by atoms with Crippen molar-refractivity contribution in [3.05, 3.63) is 23.4 Å². The van der Waals surface area contributed by atoms with Crippen LogP contribution in [0.3, 0.4) is 0 Å². The number of nitrogens with one attached hydrogen (secondary N) is 1. The Bertz CT molecular complexity index is 564. The summed E-state index contributed by atoms with van der Waals surface area (Å²) in [7, 11) is 0. The van der Waals surface area contributed by atoms with E-state index in [1.807, 2.05) is 0 Å². The van der Waals surface area contributed by atoms with Crippen molar-refractivity contribution in [1.29, 1.82) is 0 Å². The van der Waals surface area contributed by atoms with Crippen LogP contribution in [-0.2, 0) is 17.6 Å². The zero-order valence-electron chi connectivity index (χ0n) is 14.2. The number of nitrogens with zero attached hydrogens (tertiary/aromatic N) is 2. The van der Waals surface area contributed by atoms with E-state index in [0.717, 1.165) is 63.2 Å². The van der Waals surface area contributed by atoms with E-state index in [-0.39, 0.29) is 6.10 Å². The van der Waals surface area contributed by atoms with Gasteiger partial charge in [-0.25, -0.2) is 9.78 Å². The number of likely N-dealkylation sites (tertiary alicyclic amines) is 1. The van der Waals surface area contributed by atoms with Crippen LogP contribution in [-0.4, -0.2) is 53.4 Å². The van der Waals surface area contributed by atoms with Crippen molar-refractivity contribution >= 4 is 11.9 Å². The highest BCUT2D eigenvalue weighted by Gasteiger charge is 2.26. The molecule has 132 valence electrons. The van der Waals surface area contributed by atoms with Crippen LogP contribution >= 0.6 is 0 Å². The van der Waals surface area contributed by atoms with Gasteiger partial charge in [-0.1, -0.05) is 12.5 Å². The van der Waals surface area contributed by atoms with Gasteiger partial charge in [0.1, 0.15) is 5.82 Å². The van der Waals surface area contributed by atoms with Crippen LogP contribution in [0, 0.1) is 0 Å². The molecule has 24 heavy (non-hydrogen) atoms. The predicted octanol–water partition coefficient (Wildman–Crippen LogP) is 2.92. The maximum atomic E-state index is 10.8. The zero-order valence-corrected chi connectivity index (χ0v) is 14.2. The second-order valence-electron chi connectivity index (χ2n) is 6.66. The summed E-state index contributed by atoms with van der Waals surface area (Å²) in [6.07, 6.45) is 6.63. The molecule has 3 heterocycles. The van der Waals surface area contributed by atoms with Crippen molar-refractivity contribution in [3.8, 4) is 0 Å². The molecule has 1 fully saturated rings. The lowest BCUT2D eigenvalue weighted by atomic mass is 10.1. The van der Waals surface area contributed by atoms with Crippen LogP contribution in [0.4, 0.5) is 10.6 Å². The molecule has 0 aliphatic carbocycles. The maximum absolute atomic E-state index is 10.8. The first kappa shape index (κ1) is 17.0. The van der Waals surface area contributed by atoms with Gasteiger partial charge in [-0.15, -0.1) is 0 Å². The number of pyridine rings is 1. The first-order valence-corrected chi connectivity index (χ1v) is 9.04. The Balaban J connectivity index is 1.28. The monoisotopic (exact) mass is 333 g/mol. The highest BCUT2D eigenvalue weighted by atomic mass is 16.5. The summed E-state index contributed by atoms with van der Waals surface area (Å²) in [5.74, 6) is 1.08. The maximum Gasteiger partial charge on any atom is 0.407 e. The molecular formula is C18H27N3O3. The molecule has 6 heteroatoms. The van der Waals surface area contributed by atoms with Crippen LogP contribution in [0.1, 0.15) is 43.4 Å². The van der Waals surface area contributed by atoms with Crippen LogP contribution in [0.25, 0.3) is 0 Å². The van der Waals surface area contributed by atoms with Crippen molar-refractivity contribution < 1.29 is 14.6 Å². The number of hydrogen-bond acceptors (Lipinski definition) is 4. The molecule has 0 radical (unpaired) electrons. The Morgan fingerprint density at radius 2 is 2.29 bits per heavy atom. The highest BCUT2D eigenvalue weighted by molar-refractivity contribution is 5.65. The summed E-state index contributed by atoms with van der Waals surface area (Å²) >= 11 is 0. The number of aromatic nitrogens is 1. The minimum atomic E-state index is -0.840. The minimum Gasteiger partial charge on any atom is -0.465 e. The van der Waals surface area contributed by atoms with E-state index in [1.165, 1.54) is 16.9 Å². The minimum absolute atomic E-state index is 0.0782. The van der Waals surface area contributed by atoms with Crippen LogP contribution < -0.4 is 5.32 Å². The van der Waals surface area contributed by atoms with Gasteiger partial charge in [0.05, 0.1) is 12.6 Å². The summed E-state index contributed by atoms with van der Waals surface area (Å²) in [5, 5.41) is 12.3. The first-order valence-electron chi connectivity index (χ1n) is 9.04. The molecule has 0 bridgehead atoms. The Hall–Kier alpha value is -1.82. The van der Waals surface area contributed by atoms with Crippen LogP contribution in [0.5, 0.6) is 0 Å². The number of carboxylic acid groups (broad SMARTS) is 1. The van der Waals surface area contributed by atoms with Gasteiger partial charge >= 0.3 is 6.09 Å². The number of hydrogen-bond donors (Lipinski definition) is 2. The molecule has 1 unspecified atom stereocenters. The highest BCUT2D eigenvalue weighted by Crippen LogP contribution is 2.20. The number of anilines is 1. The van der Waals surface area contributed by atoms with Crippen molar-refractivity contribution in [3.63, 3.8) is 0 Å². The van der Waals surface area contributed by atoms with Crippen molar-refractivity contribution in [2.45, 2.75) is 51.0 Å². The van der Waals surface area contributed by atoms with E-state index in [9.17, 15) is 4.79 Å². The molecule has 0 saturated carbocycles. The van der Waals surface area contributed by atoms with E-state index < -0.39 is 6.09 Å². The second kappa shape index (κ2) is 8.33. The Kier molecular flexibility index (Phi) is 5.91. The third-order valence-corrected chi connectivity index (χ3v) is 4.80. The molecule has 2 N–H and O–H groups in total. The third-order valence-electron chi connectivity index (χ3n) is 4.80. The topological polar surface area (TPSA) is 74.7 Å². The average Bonchev–Trinajstić information content (AvgIpc) is 3.07. The molecule has 1 atom stereocenters. The molecule has 2 aliphatic rings. The lowest BCUT2D eigenvalue weighted by molar-refractivity contribution is 0.0560. The van der Waals surface area contributed by atoms with Gasteiger partial charge in [-0.2, -0.15) is 0 Å². The molecule has 1 saturated heterocycles. The van der Waals surface area contributed by atoms with E-state index in [1.54, 1.807) is 0 Å². The standard InChI is InChI=1S/C18H27N3O3/c22-18(23)21-11-9-16(13-21)24-12-3-1-2-6-15-8-7-14-5-4-10-19-17(14)20-15/h7-8,16H,1-6,9-13H2,(H,19,20)(H,22,23). The van der Waals surface area contributed by atoms with Crippen LogP contribution in [0.15, 0.2) is 12.1 Å². The fourth-order valence-corrected chi connectivity index (χ4v) is 3.38. The lowest BCUT2D eigenvalue weighted by Gasteiger charge is -2.17. The average molecular weight is 333 g/mol. The molecule has 2 aliphatic heterocycles. The fraction of sp³-hybridized carbons (Fsp3) is 0.667. The van der Waals surface area contributed by atoms with Gasteiger partial charge < -0.3 is 20.1 Å². The zero-order chi connectivity index (χ0) is 16.8. The molecule has 6 nitrogen and oxygen atoms in total. The van der Waals surface area contributed by atoms with Gasteiger partial charge in [0.25, 0.3) is 0 Å². The van der Waals surface area contributed by atoms with Crippen LogP contribution in [0.2, 0.25) is 0 Å². The molecule has 1 amide bonds. The Morgan fingerprint density at radius 3 is 3.12 bits per heavy atom. The van der Waals surface area contributed by atoms with Gasteiger partial charge in [0, 0.05) is 25.4 Å². The molecule has 3 rings (SSSR count). The Labute approximate surface area is 143 Å². The summed E-state index contributed by atoms with van der Waals surface area (Å²) < 4.78 is 5.78. The summed E-state index contributed by atoms with van der Waals surface area (Å²) in [6.45, 7) is 2.86. The number of amides is 1. The number of ether oxygens (including phenoxy) is 1. The fourth-order valence-electron chi connectivity index (χ4n) is 3.38. The summed E-state index contributed by atoms with van der Waals surface area (Å²) in [6, 6.07) is 4.36. The van der Waals surface area contributed by atoms with Gasteiger partial charge in [-0.05, 0) is 50.2 Å². The molecule has 1 aromatic rings. The summed E-state index contributed by atoms with van der Waals surface area (Å²) in [4.78, 5) is 17.0. The number of carbonyl (C=O) groups is 1. The normalized spacial score (nSPS) is 19.8. The lowest BCUT2D eigenvalue weighted by Crippen LogP contribution is -2.28. The number of fused-ring (bicyclic) bond motifs is 1. The Morgan fingerprint density at radius 1 is 1.38 bits per heavy atom. The van der Waals surface area contributed by atoms with Gasteiger partial charge in [0.2, 0.25) is 0 Å². The predicted molar refractivity (Wildman–Crippen MR) is 92.6 cm³/mol. The number of aryl methyl sites for hydroxylation is 2. The largest absolute Gasteiger partial charge is 0.465 e. The van der Waals surface area contributed by atoms with E-state index in [4.69, 9.17) is 14.8 Å². The molecule has 0 aromatic carbocycles. The smallest absolute Gasteiger partial charge is 0.407 e. The second-order valence-corrected chi connectivity index (χ2v) is 6.66. The number of unbranched alkanes of at least 4 members (excludes halogenated alkanes) is 2. The quantitative estimate of drug-likeness (QED) is 0.751. The van der Waals surface area contributed by atoms with E-state index in [2.05, 4.69) is 17.4 Å². The van der Waals surface area contributed by atoms with Crippen molar-refractivity contribution in [2.75, 3.05) is 31.6 Å². The molecule has 0 spiro atoms. The first-order chi connectivity index (χ1) is 11.7. The van der Waals surface area contributed by atoms with Crippen molar-refractivity contribution in [1.82, 2.24) is 9.88 Å². The van der Waals surface area contributed by atoms with Gasteiger partial charge in [-0.3, -0.25) is 0 Å². The van der Waals surface area contributed by atoms with E-state index >= 15 is 0 Å². The third kappa shape index (κ3) is 4.60. The summed E-state index contributed by atoms with van der Waals surface area (Å²) in [5.41, 5.74) is 2.50.